The van der Waals surface area contributed by atoms with Gasteiger partial charge in [-0.2, -0.15) is 0 Å². The Morgan fingerprint density at radius 1 is 0.839 bits per heavy atom. The molecule has 0 fully saturated rings. The van der Waals surface area contributed by atoms with E-state index in [9.17, 15) is 14.4 Å². The molecule has 6 nitrogen and oxygen atoms in total. The number of carbonyl (C=O) groups excluding carboxylic acids is 2. The summed E-state index contributed by atoms with van der Waals surface area (Å²) in [4.78, 5) is 44.2. The molecule has 0 N–H and O–H groups in total. The first kappa shape index (κ1) is 21.3. The van der Waals surface area contributed by atoms with Gasteiger partial charge in [-0.25, -0.2) is 4.98 Å². The number of rotatable bonds is 9. The quantitative estimate of drug-likeness (QED) is 0.216. The van der Waals surface area contributed by atoms with Crippen molar-refractivity contribution >= 4 is 34.5 Å². The molecule has 31 heavy (non-hydrogen) atoms. The molecule has 0 saturated heterocycles. The molecule has 0 unspecified atom stereocenters. The van der Waals surface area contributed by atoms with Crippen LogP contribution in [-0.4, -0.2) is 38.6 Å². The predicted molar refractivity (Wildman–Crippen MR) is 123 cm³/mol. The van der Waals surface area contributed by atoms with Crippen LogP contribution < -0.4 is 5.56 Å². The Balaban J connectivity index is 1.52. The van der Waals surface area contributed by atoms with Crippen molar-refractivity contribution in [2.75, 3.05) is 12.3 Å². The lowest BCUT2D eigenvalue weighted by atomic mass is 10.1. The van der Waals surface area contributed by atoms with E-state index in [1.807, 2.05) is 18.2 Å². The van der Waals surface area contributed by atoms with Gasteiger partial charge in [0.1, 0.15) is 0 Å². The first-order valence-corrected chi connectivity index (χ1v) is 11.7. The van der Waals surface area contributed by atoms with E-state index in [0.29, 0.717) is 39.5 Å². The number of fused-ring (bicyclic) bond motifs is 2. The van der Waals surface area contributed by atoms with Gasteiger partial charge in [-0.05, 0) is 30.7 Å². The number of amides is 2. The lowest BCUT2D eigenvalue weighted by molar-refractivity contribution is 0.0664. The van der Waals surface area contributed by atoms with Crippen LogP contribution in [0.4, 0.5) is 0 Å². The number of unbranched alkanes of at least 4 members (excludes halogenated alkanes) is 3. The second-order valence-electron chi connectivity index (χ2n) is 7.58. The van der Waals surface area contributed by atoms with E-state index < -0.39 is 0 Å². The summed E-state index contributed by atoms with van der Waals surface area (Å²) in [6.45, 7) is 3.05. The van der Waals surface area contributed by atoms with Gasteiger partial charge in [0.25, 0.3) is 17.4 Å². The summed E-state index contributed by atoms with van der Waals surface area (Å²) in [6, 6.07) is 14.3. The zero-order chi connectivity index (χ0) is 21.8. The molecule has 2 amide bonds. The summed E-state index contributed by atoms with van der Waals surface area (Å²) in [7, 11) is 0. The van der Waals surface area contributed by atoms with Crippen molar-refractivity contribution in [1.82, 2.24) is 14.5 Å². The summed E-state index contributed by atoms with van der Waals surface area (Å²) in [5, 5.41) is 1.25. The molecule has 1 aromatic heterocycles. The van der Waals surface area contributed by atoms with Gasteiger partial charge in [0, 0.05) is 18.8 Å². The Kier molecular flexibility index (Phi) is 6.51. The molecular formula is C24H25N3O3S. The third kappa shape index (κ3) is 4.28. The smallest absolute Gasteiger partial charge is 0.262 e. The minimum Gasteiger partial charge on any atom is -0.287 e. The van der Waals surface area contributed by atoms with Crippen molar-refractivity contribution in [2.24, 2.45) is 0 Å². The Morgan fingerprint density at radius 3 is 2.23 bits per heavy atom. The molecule has 3 aromatic rings. The van der Waals surface area contributed by atoms with Gasteiger partial charge >= 0.3 is 0 Å². The number of aromatic nitrogens is 2. The monoisotopic (exact) mass is 435 g/mol. The molecule has 0 spiro atoms. The van der Waals surface area contributed by atoms with E-state index in [4.69, 9.17) is 4.98 Å². The summed E-state index contributed by atoms with van der Waals surface area (Å²) in [5.74, 6) is -0.0418. The average molecular weight is 436 g/mol. The minimum atomic E-state index is -0.260. The molecule has 4 rings (SSSR count). The van der Waals surface area contributed by atoms with Crippen LogP contribution in [0.2, 0.25) is 0 Å². The predicted octanol–water partition coefficient (Wildman–Crippen LogP) is 4.37. The van der Waals surface area contributed by atoms with Gasteiger partial charge in [0.2, 0.25) is 0 Å². The van der Waals surface area contributed by atoms with Gasteiger partial charge in [-0.15, -0.1) is 0 Å². The van der Waals surface area contributed by atoms with Crippen molar-refractivity contribution in [2.45, 2.75) is 44.3 Å². The highest BCUT2D eigenvalue weighted by Crippen LogP contribution is 2.24. The SMILES string of the molecule is CCCCCCn1c(SCCN2C(=O)c3ccccc3C2=O)nc2ccccc2c1=O. The van der Waals surface area contributed by atoms with Crippen molar-refractivity contribution in [1.29, 1.82) is 0 Å². The minimum absolute atomic E-state index is 0.0367. The molecule has 0 atom stereocenters. The second kappa shape index (κ2) is 9.47. The topological polar surface area (TPSA) is 72.3 Å². The number of hydrogen-bond acceptors (Lipinski definition) is 5. The molecule has 2 heterocycles. The molecule has 1 aliphatic heterocycles. The Morgan fingerprint density at radius 2 is 1.52 bits per heavy atom. The molecule has 0 saturated carbocycles. The van der Waals surface area contributed by atoms with Crippen LogP contribution in [0.5, 0.6) is 0 Å². The maximum Gasteiger partial charge on any atom is 0.262 e. The van der Waals surface area contributed by atoms with E-state index in [1.54, 1.807) is 34.9 Å². The molecule has 0 radical (unpaired) electrons. The molecular weight excluding hydrogens is 410 g/mol. The van der Waals surface area contributed by atoms with E-state index in [-0.39, 0.29) is 23.9 Å². The number of benzene rings is 2. The van der Waals surface area contributed by atoms with Crippen LogP contribution in [-0.2, 0) is 6.54 Å². The van der Waals surface area contributed by atoms with Gasteiger partial charge in [0.15, 0.2) is 5.16 Å². The molecule has 1 aliphatic rings. The fourth-order valence-electron chi connectivity index (χ4n) is 3.82. The third-order valence-electron chi connectivity index (χ3n) is 5.49. The third-order valence-corrected chi connectivity index (χ3v) is 6.44. The van der Waals surface area contributed by atoms with Crippen molar-refractivity contribution in [3.05, 3.63) is 70.0 Å². The highest BCUT2D eigenvalue weighted by Gasteiger charge is 2.34. The van der Waals surface area contributed by atoms with Crippen LogP contribution in [0.25, 0.3) is 10.9 Å². The number of thioether (sulfide) groups is 1. The normalized spacial score (nSPS) is 13.3. The Labute approximate surface area is 185 Å². The van der Waals surface area contributed by atoms with Gasteiger partial charge in [-0.1, -0.05) is 62.2 Å². The van der Waals surface area contributed by atoms with Crippen LogP contribution in [0, 0.1) is 0 Å². The fourth-order valence-corrected chi connectivity index (χ4v) is 4.77. The fraction of sp³-hybridized carbons (Fsp3) is 0.333. The van der Waals surface area contributed by atoms with Gasteiger partial charge in [0.05, 0.1) is 22.0 Å². The summed E-state index contributed by atoms with van der Waals surface area (Å²) < 4.78 is 1.74. The highest BCUT2D eigenvalue weighted by molar-refractivity contribution is 7.99. The first-order chi connectivity index (χ1) is 15.1. The molecule has 160 valence electrons. The van der Waals surface area contributed by atoms with Crippen LogP contribution >= 0.6 is 11.8 Å². The van der Waals surface area contributed by atoms with Crippen molar-refractivity contribution in [3.63, 3.8) is 0 Å². The first-order valence-electron chi connectivity index (χ1n) is 10.7. The lowest BCUT2D eigenvalue weighted by Gasteiger charge is -2.16. The van der Waals surface area contributed by atoms with Crippen LogP contribution in [0.1, 0.15) is 53.3 Å². The van der Waals surface area contributed by atoms with E-state index in [1.165, 1.54) is 16.7 Å². The number of para-hydroxylation sites is 1. The molecule has 7 heteroatoms. The Bertz CT molecular complexity index is 1150. The maximum atomic E-state index is 13.1. The van der Waals surface area contributed by atoms with E-state index in [2.05, 4.69) is 6.92 Å². The zero-order valence-corrected chi connectivity index (χ0v) is 18.4. The van der Waals surface area contributed by atoms with E-state index >= 15 is 0 Å². The molecule has 0 bridgehead atoms. The second-order valence-corrected chi connectivity index (χ2v) is 8.65. The molecule has 0 aliphatic carbocycles. The number of imide groups is 1. The Hall–Kier alpha value is -2.93. The van der Waals surface area contributed by atoms with Crippen molar-refractivity contribution in [3.8, 4) is 0 Å². The summed E-state index contributed by atoms with van der Waals surface area (Å²) in [6.07, 6.45) is 4.25. The zero-order valence-electron chi connectivity index (χ0n) is 17.5. The highest BCUT2D eigenvalue weighted by atomic mass is 32.2. The summed E-state index contributed by atoms with van der Waals surface area (Å²) in [5.41, 5.74) is 1.54. The van der Waals surface area contributed by atoms with Gasteiger partial charge in [-0.3, -0.25) is 23.9 Å². The van der Waals surface area contributed by atoms with Gasteiger partial charge < -0.3 is 0 Å². The van der Waals surface area contributed by atoms with E-state index in [0.717, 1.165) is 25.7 Å². The number of nitrogens with zero attached hydrogens (tertiary/aromatic N) is 3. The molecule has 2 aromatic carbocycles. The number of carbonyl (C=O) groups is 2. The van der Waals surface area contributed by atoms with Crippen LogP contribution in [0.3, 0.4) is 0 Å². The maximum absolute atomic E-state index is 13.1. The van der Waals surface area contributed by atoms with Crippen LogP contribution in [0.15, 0.2) is 58.5 Å². The largest absolute Gasteiger partial charge is 0.287 e. The average Bonchev–Trinajstić information content (AvgIpc) is 3.03. The summed E-state index contributed by atoms with van der Waals surface area (Å²) >= 11 is 1.42. The number of hydrogen-bond donors (Lipinski definition) is 0. The standard InChI is InChI=1S/C24H25N3O3S/c1-2-3-4-9-14-27-23(30)19-12-7-8-13-20(19)25-24(27)31-16-15-26-21(28)17-10-5-6-11-18(17)22(26)29/h5-8,10-13H,2-4,9,14-16H2,1H3. The lowest BCUT2D eigenvalue weighted by Crippen LogP contribution is -2.32. The van der Waals surface area contributed by atoms with Crippen molar-refractivity contribution < 1.29 is 9.59 Å².